The Hall–Kier alpha value is -2.59. The molecule has 2 fully saturated rings. The number of carbonyl (C=O) groups excluding carboxylic acids is 1. The van der Waals surface area contributed by atoms with Crippen LogP contribution in [-0.4, -0.2) is 72.1 Å². The predicted molar refractivity (Wildman–Crippen MR) is 144 cm³/mol. The van der Waals surface area contributed by atoms with E-state index < -0.39 is 5.83 Å². The number of anilines is 1. The number of nitrogens with zero attached hydrogens (tertiary/aromatic N) is 2. The molecule has 2 saturated heterocycles. The van der Waals surface area contributed by atoms with Crippen molar-refractivity contribution >= 4 is 23.2 Å². The molecule has 1 aromatic rings. The Morgan fingerprint density at radius 2 is 1.94 bits per heavy atom. The lowest BCUT2D eigenvalue weighted by molar-refractivity contribution is -0.128. The number of alkyl halides is 1. The minimum atomic E-state index is -0.491. The number of benzene rings is 1. The second-order valence-corrected chi connectivity index (χ2v) is 10.3. The largest absolute Gasteiger partial charge is 0.392 e. The van der Waals surface area contributed by atoms with Gasteiger partial charge in [0.2, 0.25) is 5.91 Å². The molecule has 3 aliphatic rings. The number of aliphatic hydroxyl groups is 1. The zero-order valence-electron chi connectivity index (χ0n) is 20.6. The molecule has 192 valence electrons. The van der Waals surface area contributed by atoms with Gasteiger partial charge in [-0.1, -0.05) is 24.1 Å². The Morgan fingerprint density at radius 3 is 2.64 bits per heavy atom. The standard InChI is InChI=1S/C29H35ClFN3O2/c1-2-22(7-9-24(31)19-30)8-10-28(36)34-15-11-23(12-16-34)27(35)20-33-17-13-29(14-18-33)21-32-26-6-4-3-5-25(26)29/h1,3-10,23,27,32,35H,11-21H2/b10-8+,22-7+,24-9+. The Morgan fingerprint density at radius 1 is 1.22 bits per heavy atom. The number of piperidine rings is 2. The molecule has 0 saturated carbocycles. The number of allylic oxidation sites excluding steroid dienone is 5. The Balaban J connectivity index is 1.22. The van der Waals surface area contributed by atoms with Crippen LogP contribution in [0.15, 0.2) is 60.0 Å². The van der Waals surface area contributed by atoms with E-state index in [9.17, 15) is 14.3 Å². The molecule has 7 heteroatoms. The maximum Gasteiger partial charge on any atom is 0.246 e. The molecule has 1 unspecified atom stereocenters. The van der Waals surface area contributed by atoms with Gasteiger partial charge in [0, 0.05) is 48.9 Å². The number of hydrogen-bond donors (Lipinski definition) is 2. The van der Waals surface area contributed by atoms with Crippen molar-refractivity contribution in [2.45, 2.75) is 37.2 Å². The van der Waals surface area contributed by atoms with E-state index in [0.717, 1.165) is 45.3 Å². The lowest BCUT2D eigenvalue weighted by Gasteiger charge is -2.41. The summed E-state index contributed by atoms with van der Waals surface area (Å²) in [7, 11) is 0. The fourth-order valence-electron chi connectivity index (χ4n) is 5.63. The van der Waals surface area contributed by atoms with Crippen LogP contribution in [0.1, 0.15) is 31.2 Å². The lowest BCUT2D eigenvalue weighted by atomic mass is 9.74. The molecule has 1 aromatic carbocycles. The number of terminal acetylenes is 1. The quantitative estimate of drug-likeness (QED) is 0.249. The van der Waals surface area contributed by atoms with Crippen molar-refractivity contribution in [3.05, 3.63) is 65.5 Å². The van der Waals surface area contributed by atoms with Crippen molar-refractivity contribution in [3.8, 4) is 12.3 Å². The summed E-state index contributed by atoms with van der Waals surface area (Å²) in [5.74, 6) is 1.78. The molecule has 0 aromatic heterocycles. The molecule has 1 spiro atoms. The summed E-state index contributed by atoms with van der Waals surface area (Å²) in [4.78, 5) is 16.7. The highest BCUT2D eigenvalue weighted by molar-refractivity contribution is 6.19. The molecule has 36 heavy (non-hydrogen) atoms. The molecule has 2 N–H and O–H groups in total. The summed E-state index contributed by atoms with van der Waals surface area (Å²) in [6.45, 7) is 4.88. The van der Waals surface area contributed by atoms with E-state index in [0.29, 0.717) is 25.2 Å². The Kier molecular flexibility index (Phi) is 8.90. The summed E-state index contributed by atoms with van der Waals surface area (Å²) >= 11 is 5.41. The molecule has 1 amide bonds. The highest BCUT2D eigenvalue weighted by Crippen LogP contribution is 2.43. The van der Waals surface area contributed by atoms with Crippen LogP contribution in [0.5, 0.6) is 0 Å². The van der Waals surface area contributed by atoms with Gasteiger partial charge >= 0.3 is 0 Å². The third kappa shape index (κ3) is 6.21. The topological polar surface area (TPSA) is 55.8 Å². The molecule has 0 radical (unpaired) electrons. The summed E-state index contributed by atoms with van der Waals surface area (Å²) in [5, 5.41) is 14.5. The van der Waals surface area contributed by atoms with Crippen LogP contribution in [0.4, 0.5) is 10.1 Å². The molecule has 0 bridgehead atoms. The van der Waals surface area contributed by atoms with Gasteiger partial charge in [0.1, 0.15) is 5.83 Å². The van der Waals surface area contributed by atoms with Gasteiger partial charge < -0.3 is 20.2 Å². The number of rotatable bonds is 7. The minimum Gasteiger partial charge on any atom is -0.392 e. The monoisotopic (exact) mass is 511 g/mol. The van der Waals surface area contributed by atoms with Gasteiger partial charge in [-0.15, -0.1) is 18.0 Å². The third-order valence-corrected chi connectivity index (χ3v) is 8.17. The number of para-hydroxylation sites is 1. The van der Waals surface area contributed by atoms with Gasteiger partial charge in [-0.2, -0.15) is 0 Å². The highest BCUT2D eigenvalue weighted by atomic mass is 35.5. The summed E-state index contributed by atoms with van der Waals surface area (Å²) in [6, 6.07) is 8.64. The Bertz CT molecular complexity index is 1060. The molecule has 1 atom stereocenters. The van der Waals surface area contributed by atoms with Crippen molar-refractivity contribution in [2.75, 3.05) is 50.5 Å². The first-order valence-electron chi connectivity index (χ1n) is 12.7. The van der Waals surface area contributed by atoms with Crippen molar-refractivity contribution in [3.63, 3.8) is 0 Å². The average Bonchev–Trinajstić information content (AvgIpc) is 3.27. The minimum absolute atomic E-state index is 0.127. The number of carbonyl (C=O) groups is 1. The molecular formula is C29H35ClFN3O2. The summed E-state index contributed by atoms with van der Waals surface area (Å²) < 4.78 is 13.2. The van der Waals surface area contributed by atoms with Crippen LogP contribution in [0, 0.1) is 18.3 Å². The number of hydrogen-bond acceptors (Lipinski definition) is 4. The van der Waals surface area contributed by atoms with E-state index >= 15 is 0 Å². The second-order valence-electron chi connectivity index (χ2n) is 10.1. The fourth-order valence-corrected chi connectivity index (χ4v) is 5.72. The van der Waals surface area contributed by atoms with Gasteiger partial charge in [-0.25, -0.2) is 4.39 Å². The number of β-amino-alcohol motifs (C(OH)–C–C–N with tert-alkyl or cyclic N) is 1. The van der Waals surface area contributed by atoms with Gasteiger partial charge in [0.25, 0.3) is 0 Å². The number of nitrogens with one attached hydrogen (secondary N) is 1. The zero-order chi connectivity index (χ0) is 25.5. The number of aliphatic hydroxyl groups excluding tert-OH is 1. The van der Waals surface area contributed by atoms with Crippen LogP contribution in [-0.2, 0) is 10.2 Å². The molecule has 4 rings (SSSR count). The SMILES string of the molecule is C#CC(=C\C=C(\F)CCl)/C=C/C(=O)N1CCC(C(O)CN2CCC3(CC2)CNc2ccccc23)CC1. The molecular weight excluding hydrogens is 477 g/mol. The van der Waals surface area contributed by atoms with Crippen LogP contribution in [0.25, 0.3) is 0 Å². The third-order valence-electron chi connectivity index (χ3n) is 7.91. The average molecular weight is 512 g/mol. The van der Waals surface area contributed by atoms with Crippen molar-refractivity contribution < 1.29 is 14.3 Å². The van der Waals surface area contributed by atoms with Crippen molar-refractivity contribution in [1.29, 1.82) is 0 Å². The molecule has 5 nitrogen and oxygen atoms in total. The number of likely N-dealkylation sites (tertiary alicyclic amines) is 2. The van der Waals surface area contributed by atoms with Crippen molar-refractivity contribution in [1.82, 2.24) is 9.80 Å². The normalized spacial score (nSPS) is 21.9. The fraction of sp³-hybridized carbons (Fsp3) is 0.483. The van der Waals surface area contributed by atoms with Gasteiger partial charge in [0.15, 0.2) is 0 Å². The first-order chi connectivity index (χ1) is 17.4. The first-order valence-corrected chi connectivity index (χ1v) is 13.3. The van der Waals surface area contributed by atoms with E-state index in [1.54, 1.807) is 4.90 Å². The zero-order valence-corrected chi connectivity index (χ0v) is 21.4. The van der Waals surface area contributed by atoms with Gasteiger partial charge in [0.05, 0.1) is 12.0 Å². The molecule has 3 heterocycles. The van der Waals surface area contributed by atoms with Crippen LogP contribution < -0.4 is 5.32 Å². The van der Waals surface area contributed by atoms with Crippen molar-refractivity contribution in [2.24, 2.45) is 5.92 Å². The number of halogens is 2. The van der Waals surface area contributed by atoms with E-state index in [2.05, 4.69) is 40.4 Å². The predicted octanol–water partition coefficient (Wildman–Crippen LogP) is 4.25. The maximum absolute atomic E-state index is 13.2. The first kappa shape index (κ1) is 26.5. The number of fused-ring (bicyclic) bond motifs is 2. The van der Waals surface area contributed by atoms with Gasteiger partial charge in [-0.3, -0.25) is 4.79 Å². The summed E-state index contributed by atoms with van der Waals surface area (Å²) in [5.41, 5.74) is 3.33. The van der Waals surface area contributed by atoms with Crippen LogP contribution >= 0.6 is 11.6 Å². The number of amides is 1. The van der Waals surface area contributed by atoms with E-state index in [1.165, 1.54) is 35.6 Å². The molecule has 0 aliphatic carbocycles. The highest BCUT2D eigenvalue weighted by Gasteiger charge is 2.41. The van der Waals surface area contributed by atoms with E-state index in [1.807, 2.05) is 0 Å². The van der Waals surface area contributed by atoms with E-state index in [-0.39, 0.29) is 29.2 Å². The lowest BCUT2D eigenvalue weighted by Crippen LogP contribution is -2.48. The van der Waals surface area contributed by atoms with Gasteiger partial charge in [-0.05, 0) is 74.5 Å². The van der Waals surface area contributed by atoms with E-state index in [4.69, 9.17) is 18.0 Å². The Labute approximate surface area is 218 Å². The smallest absolute Gasteiger partial charge is 0.246 e. The second kappa shape index (κ2) is 12.1. The van der Waals surface area contributed by atoms with Crippen LogP contribution in [0.2, 0.25) is 0 Å². The summed E-state index contributed by atoms with van der Waals surface area (Å²) in [6.07, 6.45) is 14.4. The van der Waals surface area contributed by atoms with Crippen LogP contribution in [0.3, 0.4) is 0 Å². The molecule has 3 aliphatic heterocycles. The maximum atomic E-state index is 13.2.